The number of hydrazine groups is 1. The Morgan fingerprint density at radius 1 is 1.44 bits per heavy atom. The first kappa shape index (κ1) is 11.4. The zero-order valence-electron chi connectivity index (χ0n) is 9.99. The summed E-state index contributed by atoms with van der Waals surface area (Å²) >= 11 is 0. The third-order valence-corrected chi connectivity index (χ3v) is 3.61. The molecule has 16 heavy (non-hydrogen) atoms. The van der Waals surface area contributed by atoms with Crippen LogP contribution in [0.2, 0.25) is 0 Å². The fraction of sp³-hybridized carbons (Fsp3) is 0.538. The van der Waals surface area contributed by atoms with Crippen molar-refractivity contribution in [1.29, 1.82) is 0 Å². The Balaban J connectivity index is 2.23. The summed E-state index contributed by atoms with van der Waals surface area (Å²) in [5.41, 5.74) is 5.50. The van der Waals surface area contributed by atoms with Crippen molar-refractivity contribution in [3.05, 3.63) is 29.3 Å². The lowest BCUT2D eigenvalue weighted by Crippen LogP contribution is -2.36. The van der Waals surface area contributed by atoms with Crippen molar-refractivity contribution in [3.8, 4) is 5.75 Å². The van der Waals surface area contributed by atoms with Crippen LogP contribution in [0, 0.1) is 12.8 Å². The van der Waals surface area contributed by atoms with Gasteiger partial charge in [0.1, 0.15) is 5.75 Å². The van der Waals surface area contributed by atoms with Crippen molar-refractivity contribution in [2.24, 2.45) is 11.8 Å². The summed E-state index contributed by atoms with van der Waals surface area (Å²) in [6, 6.07) is 6.49. The highest BCUT2D eigenvalue weighted by Crippen LogP contribution is 2.38. The maximum absolute atomic E-state index is 5.67. The van der Waals surface area contributed by atoms with Crippen molar-refractivity contribution < 1.29 is 4.74 Å². The summed E-state index contributed by atoms with van der Waals surface area (Å²) in [7, 11) is 1.69. The van der Waals surface area contributed by atoms with Gasteiger partial charge < -0.3 is 4.74 Å². The van der Waals surface area contributed by atoms with E-state index < -0.39 is 0 Å². The van der Waals surface area contributed by atoms with E-state index in [4.69, 9.17) is 10.6 Å². The highest BCUT2D eigenvalue weighted by molar-refractivity contribution is 5.37. The average molecular weight is 220 g/mol. The SMILES string of the molecule is COc1ccc(C(NN)C2CCC2)c(C)c1. The maximum atomic E-state index is 5.67. The molecule has 1 atom stereocenters. The van der Waals surface area contributed by atoms with Gasteiger partial charge in [0.25, 0.3) is 0 Å². The average Bonchev–Trinajstić information content (AvgIpc) is 2.23. The van der Waals surface area contributed by atoms with Crippen LogP contribution in [-0.2, 0) is 0 Å². The molecule has 0 aliphatic heterocycles. The number of benzene rings is 1. The molecule has 0 amide bonds. The zero-order valence-corrected chi connectivity index (χ0v) is 9.99. The predicted molar refractivity (Wildman–Crippen MR) is 65.1 cm³/mol. The Morgan fingerprint density at radius 2 is 2.19 bits per heavy atom. The molecule has 0 saturated heterocycles. The Hall–Kier alpha value is -1.06. The largest absolute Gasteiger partial charge is 0.497 e. The van der Waals surface area contributed by atoms with Crippen molar-refractivity contribution in [1.82, 2.24) is 5.43 Å². The molecule has 3 heteroatoms. The topological polar surface area (TPSA) is 47.3 Å². The van der Waals surface area contributed by atoms with Crippen LogP contribution in [0.25, 0.3) is 0 Å². The summed E-state index contributed by atoms with van der Waals surface area (Å²) < 4.78 is 5.21. The lowest BCUT2D eigenvalue weighted by atomic mass is 9.76. The second-order valence-corrected chi connectivity index (χ2v) is 4.56. The lowest BCUT2D eigenvalue weighted by Gasteiger charge is -2.34. The molecule has 0 heterocycles. The number of nitrogens with two attached hydrogens (primary N) is 1. The van der Waals surface area contributed by atoms with Gasteiger partial charge in [-0.3, -0.25) is 11.3 Å². The minimum absolute atomic E-state index is 0.291. The summed E-state index contributed by atoms with van der Waals surface area (Å²) in [6.45, 7) is 2.11. The molecule has 2 rings (SSSR count). The summed E-state index contributed by atoms with van der Waals surface area (Å²) in [5, 5.41) is 0. The van der Waals surface area contributed by atoms with E-state index in [1.807, 2.05) is 6.07 Å². The minimum Gasteiger partial charge on any atom is -0.497 e. The van der Waals surface area contributed by atoms with Crippen LogP contribution in [0.3, 0.4) is 0 Å². The molecule has 88 valence electrons. The van der Waals surface area contributed by atoms with Crippen molar-refractivity contribution in [2.75, 3.05) is 7.11 Å². The molecule has 1 aliphatic carbocycles. The third-order valence-electron chi connectivity index (χ3n) is 3.61. The summed E-state index contributed by atoms with van der Waals surface area (Å²) in [4.78, 5) is 0. The van der Waals surface area contributed by atoms with Crippen LogP contribution in [0.4, 0.5) is 0 Å². The van der Waals surface area contributed by atoms with Gasteiger partial charge >= 0.3 is 0 Å². The first-order valence-corrected chi connectivity index (χ1v) is 5.87. The van der Waals surface area contributed by atoms with E-state index in [-0.39, 0.29) is 0 Å². The second kappa shape index (κ2) is 4.85. The van der Waals surface area contributed by atoms with Crippen LogP contribution in [0.15, 0.2) is 18.2 Å². The number of hydrogen-bond acceptors (Lipinski definition) is 3. The van der Waals surface area contributed by atoms with Crippen LogP contribution < -0.4 is 16.0 Å². The Kier molecular flexibility index (Phi) is 3.46. The van der Waals surface area contributed by atoms with Gasteiger partial charge in [-0.15, -0.1) is 0 Å². The van der Waals surface area contributed by atoms with Gasteiger partial charge in [-0.1, -0.05) is 12.5 Å². The van der Waals surface area contributed by atoms with Gasteiger partial charge in [-0.25, -0.2) is 0 Å². The Bertz CT molecular complexity index is 361. The van der Waals surface area contributed by atoms with Gasteiger partial charge in [0.2, 0.25) is 0 Å². The number of ether oxygens (including phenoxy) is 1. The Labute approximate surface area is 97.0 Å². The molecule has 1 aromatic carbocycles. The molecular weight excluding hydrogens is 200 g/mol. The summed E-state index contributed by atoms with van der Waals surface area (Å²) in [6.07, 6.45) is 3.89. The van der Waals surface area contributed by atoms with Crippen molar-refractivity contribution in [3.63, 3.8) is 0 Å². The van der Waals surface area contributed by atoms with E-state index in [0.717, 1.165) is 5.75 Å². The minimum atomic E-state index is 0.291. The normalized spacial score (nSPS) is 17.9. The second-order valence-electron chi connectivity index (χ2n) is 4.56. The van der Waals surface area contributed by atoms with Crippen LogP contribution in [0.1, 0.15) is 36.4 Å². The van der Waals surface area contributed by atoms with E-state index in [0.29, 0.717) is 12.0 Å². The first-order valence-electron chi connectivity index (χ1n) is 5.87. The molecule has 1 aromatic rings. The van der Waals surface area contributed by atoms with Crippen molar-refractivity contribution in [2.45, 2.75) is 32.2 Å². The lowest BCUT2D eigenvalue weighted by molar-refractivity contribution is 0.231. The molecule has 3 N–H and O–H groups in total. The van der Waals surface area contributed by atoms with Crippen molar-refractivity contribution >= 4 is 0 Å². The summed E-state index contributed by atoms with van der Waals surface area (Å²) in [5.74, 6) is 7.27. The highest BCUT2D eigenvalue weighted by Gasteiger charge is 2.28. The van der Waals surface area contributed by atoms with Gasteiger partial charge in [-0.2, -0.15) is 0 Å². The van der Waals surface area contributed by atoms with E-state index in [2.05, 4.69) is 24.5 Å². The molecule has 1 aliphatic rings. The molecule has 0 bridgehead atoms. The number of aryl methyl sites for hydroxylation is 1. The fourth-order valence-electron chi connectivity index (χ4n) is 2.38. The molecule has 0 spiro atoms. The first-order chi connectivity index (χ1) is 7.76. The molecule has 0 aromatic heterocycles. The molecule has 3 nitrogen and oxygen atoms in total. The quantitative estimate of drug-likeness (QED) is 0.604. The van der Waals surface area contributed by atoms with Gasteiger partial charge in [0, 0.05) is 6.04 Å². The monoisotopic (exact) mass is 220 g/mol. The highest BCUT2D eigenvalue weighted by atomic mass is 16.5. The Morgan fingerprint density at radius 3 is 2.62 bits per heavy atom. The fourth-order valence-corrected chi connectivity index (χ4v) is 2.38. The maximum Gasteiger partial charge on any atom is 0.119 e. The van der Waals surface area contributed by atoms with E-state index in [9.17, 15) is 0 Å². The van der Waals surface area contributed by atoms with Crippen LogP contribution in [0.5, 0.6) is 5.75 Å². The van der Waals surface area contributed by atoms with Crippen LogP contribution >= 0.6 is 0 Å². The number of hydrogen-bond donors (Lipinski definition) is 2. The number of methoxy groups -OCH3 is 1. The molecule has 1 saturated carbocycles. The van der Waals surface area contributed by atoms with E-state index in [1.54, 1.807) is 7.11 Å². The molecule has 0 radical (unpaired) electrons. The van der Waals surface area contributed by atoms with Crippen LogP contribution in [-0.4, -0.2) is 7.11 Å². The predicted octanol–water partition coefficient (Wildman–Crippen LogP) is 2.31. The molecule has 1 fully saturated rings. The third kappa shape index (κ3) is 2.06. The zero-order chi connectivity index (χ0) is 11.5. The number of nitrogens with one attached hydrogen (secondary N) is 1. The van der Waals surface area contributed by atoms with E-state index in [1.165, 1.54) is 30.4 Å². The van der Waals surface area contributed by atoms with Gasteiger partial charge in [0.05, 0.1) is 7.11 Å². The van der Waals surface area contributed by atoms with Gasteiger partial charge in [-0.05, 0) is 48.9 Å². The number of rotatable bonds is 4. The smallest absolute Gasteiger partial charge is 0.119 e. The molecular formula is C13H20N2O. The standard InChI is InChI=1S/C13H20N2O/c1-9-8-11(16-2)6-7-12(9)13(15-14)10-4-3-5-10/h6-8,10,13,15H,3-5,14H2,1-2H3. The molecule has 1 unspecified atom stereocenters. The van der Waals surface area contributed by atoms with Gasteiger partial charge in [0.15, 0.2) is 0 Å². The van der Waals surface area contributed by atoms with E-state index >= 15 is 0 Å².